The lowest BCUT2D eigenvalue weighted by molar-refractivity contribution is 0.132. The number of anilines is 1. The fraction of sp³-hybridized carbons (Fsp3) is 0.375. The third-order valence-electron chi connectivity index (χ3n) is 3.81. The van der Waals surface area contributed by atoms with Gasteiger partial charge in [0.2, 0.25) is 0 Å². The minimum atomic E-state index is -0.0862. The van der Waals surface area contributed by atoms with Crippen molar-refractivity contribution in [3.63, 3.8) is 0 Å². The summed E-state index contributed by atoms with van der Waals surface area (Å²) in [6.45, 7) is 4.45. The molecule has 0 unspecified atom stereocenters. The van der Waals surface area contributed by atoms with Crippen molar-refractivity contribution in [2.75, 3.05) is 44.6 Å². The van der Waals surface area contributed by atoms with E-state index in [0.717, 1.165) is 19.6 Å². The fourth-order valence-electron chi connectivity index (χ4n) is 2.48. The molecule has 0 spiro atoms. The first-order chi connectivity index (χ1) is 11.7. The van der Waals surface area contributed by atoms with E-state index in [1.165, 1.54) is 11.3 Å². The van der Waals surface area contributed by atoms with E-state index in [1.807, 2.05) is 34.5 Å². The number of nitrogens with one attached hydrogen (secondary N) is 1. The Morgan fingerprint density at radius 3 is 2.79 bits per heavy atom. The van der Waals surface area contributed by atoms with Crippen LogP contribution in [0.15, 0.2) is 35.8 Å². The Kier molecular flexibility index (Phi) is 5.90. The highest BCUT2D eigenvalue weighted by Gasteiger charge is 2.21. The van der Waals surface area contributed by atoms with Gasteiger partial charge in [0.15, 0.2) is 5.13 Å². The predicted octanol–water partition coefficient (Wildman–Crippen LogP) is 3.03. The summed E-state index contributed by atoms with van der Waals surface area (Å²) >= 11 is 7.48. The average Bonchev–Trinajstić information content (AvgIpc) is 3.10. The highest BCUT2D eigenvalue weighted by atomic mass is 35.5. The number of nitrogens with zero attached hydrogens (tertiary/aromatic N) is 3. The molecule has 24 heavy (non-hydrogen) atoms. The van der Waals surface area contributed by atoms with Crippen LogP contribution in [0.25, 0.3) is 0 Å². The SMILES string of the molecule is O=C(Nc1nccs1)N1CCN(CCOc2ccccc2Cl)CC1. The second kappa shape index (κ2) is 8.32. The Balaban J connectivity index is 1.37. The molecule has 1 aromatic carbocycles. The number of rotatable bonds is 5. The molecule has 3 rings (SSSR count). The van der Waals surface area contributed by atoms with Crippen LogP contribution in [-0.2, 0) is 0 Å². The molecule has 2 heterocycles. The van der Waals surface area contributed by atoms with Gasteiger partial charge in [0.05, 0.1) is 5.02 Å². The van der Waals surface area contributed by atoms with E-state index < -0.39 is 0 Å². The molecule has 1 saturated heterocycles. The quantitative estimate of drug-likeness (QED) is 0.883. The van der Waals surface area contributed by atoms with Gasteiger partial charge in [0.25, 0.3) is 0 Å². The zero-order valence-corrected chi connectivity index (χ0v) is 14.7. The Hall–Kier alpha value is -1.83. The van der Waals surface area contributed by atoms with Crippen LogP contribution in [0.5, 0.6) is 5.75 Å². The number of urea groups is 1. The second-order valence-electron chi connectivity index (χ2n) is 5.37. The zero-order chi connectivity index (χ0) is 16.8. The number of halogens is 1. The van der Waals surface area contributed by atoms with E-state index in [2.05, 4.69) is 15.2 Å². The highest BCUT2D eigenvalue weighted by molar-refractivity contribution is 7.13. The van der Waals surface area contributed by atoms with E-state index in [0.29, 0.717) is 35.6 Å². The summed E-state index contributed by atoms with van der Waals surface area (Å²) in [5.41, 5.74) is 0. The van der Waals surface area contributed by atoms with Gasteiger partial charge in [-0.2, -0.15) is 0 Å². The molecule has 1 fully saturated rings. The number of thiazole rings is 1. The van der Waals surface area contributed by atoms with Gasteiger partial charge in [-0.1, -0.05) is 23.7 Å². The summed E-state index contributed by atoms with van der Waals surface area (Å²) in [6.07, 6.45) is 1.68. The van der Waals surface area contributed by atoms with E-state index in [4.69, 9.17) is 16.3 Å². The number of benzene rings is 1. The van der Waals surface area contributed by atoms with E-state index in [9.17, 15) is 4.79 Å². The minimum Gasteiger partial charge on any atom is -0.491 e. The number of para-hydroxylation sites is 1. The van der Waals surface area contributed by atoms with Crippen molar-refractivity contribution in [3.8, 4) is 5.75 Å². The first-order valence-corrected chi connectivity index (χ1v) is 9.03. The van der Waals surface area contributed by atoms with Crippen molar-refractivity contribution in [3.05, 3.63) is 40.9 Å². The van der Waals surface area contributed by atoms with Crippen molar-refractivity contribution in [1.82, 2.24) is 14.8 Å². The normalized spacial score (nSPS) is 15.3. The Bertz CT molecular complexity index is 660. The molecular weight excluding hydrogens is 348 g/mol. The maximum Gasteiger partial charge on any atom is 0.323 e. The Morgan fingerprint density at radius 1 is 1.29 bits per heavy atom. The topological polar surface area (TPSA) is 57.7 Å². The summed E-state index contributed by atoms with van der Waals surface area (Å²) in [5, 5.41) is 5.91. The van der Waals surface area contributed by atoms with Gasteiger partial charge in [-0.15, -0.1) is 11.3 Å². The third kappa shape index (κ3) is 4.59. The van der Waals surface area contributed by atoms with Crippen LogP contribution >= 0.6 is 22.9 Å². The molecule has 8 heteroatoms. The Morgan fingerprint density at radius 2 is 2.08 bits per heavy atom. The molecule has 1 N–H and O–H groups in total. The first kappa shape index (κ1) is 17.0. The van der Waals surface area contributed by atoms with E-state index in [-0.39, 0.29) is 6.03 Å². The zero-order valence-electron chi connectivity index (χ0n) is 13.2. The van der Waals surface area contributed by atoms with Crippen LogP contribution in [0, 0.1) is 0 Å². The minimum absolute atomic E-state index is 0.0862. The second-order valence-corrected chi connectivity index (χ2v) is 6.68. The summed E-state index contributed by atoms with van der Waals surface area (Å²) in [7, 11) is 0. The lowest BCUT2D eigenvalue weighted by Gasteiger charge is -2.34. The summed E-state index contributed by atoms with van der Waals surface area (Å²) in [6, 6.07) is 7.38. The van der Waals surface area contributed by atoms with Gasteiger partial charge < -0.3 is 9.64 Å². The molecule has 1 aliphatic heterocycles. The standard InChI is InChI=1S/C16H19ClN4O2S/c17-13-3-1-2-4-14(13)23-11-10-20-6-8-21(9-7-20)16(22)19-15-18-5-12-24-15/h1-5,12H,6-11H2,(H,18,19,22). The number of aromatic nitrogens is 1. The van der Waals surface area contributed by atoms with Crippen LogP contribution in [0.1, 0.15) is 0 Å². The van der Waals surface area contributed by atoms with Crippen LogP contribution in [0.2, 0.25) is 5.02 Å². The van der Waals surface area contributed by atoms with Gasteiger partial charge in [-0.3, -0.25) is 10.2 Å². The molecule has 0 aliphatic carbocycles. The van der Waals surface area contributed by atoms with E-state index in [1.54, 1.807) is 6.20 Å². The lowest BCUT2D eigenvalue weighted by atomic mass is 10.3. The lowest BCUT2D eigenvalue weighted by Crippen LogP contribution is -2.50. The van der Waals surface area contributed by atoms with Crippen LogP contribution in [-0.4, -0.2) is 60.1 Å². The van der Waals surface area contributed by atoms with Gasteiger partial charge in [-0.25, -0.2) is 9.78 Å². The molecule has 0 saturated carbocycles. The predicted molar refractivity (Wildman–Crippen MR) is 96.1 cm³/mol. The molecule has 128 valence electrons. The molecular formula is C16H19ClN4O2S. The van der Waals surface area contributed by atoms with E-state index >= 15 is 0 Å². The number of amides is 2. The van der Waals surface area contributed by atoms with Crippen molar-refractivity contribution in [2.45, 2.75) is 0 Å². The number of hydrogen-bond acceptors (Lipinski definition) is 5. The van der Waals surface area contributed by atoms with Crippen LogP contribution in [0.4, 0.5) is 9.93 Å². The molecule has 2 aromatic rings. The maximum absolute atomic E-state index is 12.1. The number of carbonyl (C=O) groups is 1. The molecule has 0 radical (unpaired) electrons. The molecule has 1 aliphatic rings. The molecule has 1 aromatic heterocycles. The largest absolute Gasteiger partial charge is 0.491 e. The van der Waals surface area contributed by atoms with Crippen LogP contribution in [0.3, 0.4) is 0 Å². The number of ether oxygens (including phenoxy) is 1. The van der Waals surface area contributed by atoms with Gasteiger partial charge in [-0.05, 0) is 12.1 Å². The van der Waals surface area contributed by atoms with Crippen LogP contribution < -0.4 is 10.1 Å². The summed E-state index contributed by atoms with van der Waals surface area (Å²) in [5.74, 6) is 0.709. The van der Waals surface area contributed by atoms with Crippen molar-refractivity contribution >= 4 is 34.1 Å². The molecule has 0 atom stereocenters. The first-order valence-electron chi connectivity index (χ1n) is 7.77. The van der Waals surface area contributed by atoms with Gasteiger partial charge >= 0.3 is 6.03 Å². The van der Waals surface area contributed by atoms with Gasteiger partial charge in [0, 0.05) is 44.3 Å². The highest BCUT2D eigenvalue weighted by Crippen LogP contribution is 2.22. The number of hydrogen-bond donors (Lipinski definition) is 1. The number of piperazine rings is 1. The van der Waals surface area contributed by atoms with Crippen molar-refractivity contribution in [1.29, 1.82) is 0 Å². The average molecular weight is 367 g/mol. The maximum atomic E-state index is 12.1. The van der Waals surface area contributed by atoms with Crippen molar-refractivity contribution < 1.29 is 9.53 Å². The van der Waals surface area contributed by atoms with Crippen molar-refractivity contribution in [2.24, 2.45) is 0 Å². The van der Waals surface area contributed by atoms with Gasteiger partial charge in [0.1, 0.15) is 12.4 Å². The fourth-order valence-corrected chi connectivity index (χ4v) is 3.19. The number of carbonyl (C=O) groups excluding carboxylic acids is 1. The summed E-state index contributed by atoms with van der Waals surface area (Å²) < 4.78 is 5.71. The monoisotopic (exact) mass is 366 g/mol. The third-order valence-corrected chi connectivity index (χ3v) is 4.81. The molecule has 0 bridgehead atoms. The Labute approximate surface area is 150 Å². The molecule has 6 nitrogen and oxygen atoms in total. The molecule has 2 amide bonds. The summed E-state index contributed by atoms with van der Waals surface area (Å²) in [4.78, 5) is 20.3. The smallest absolute Gasteiger partial charge is 0.323 e.